The molecule has 1 aliphatic rings. The molecule has 0 saturated carbocycles. The second kappa shape index (κ2) is 6.86. The molecule has 1 aromatic carbocycles. The molecule has 0 saturated heterocycles. The number of hydrogen-bond acceptors (Lipinski definition) is 4. The number of anilines is 1. The number of nitrogens with two attached hydrogens (primary N) is 1. The summed E-state index contributed by atoms with van der Waals surface area (Å²) >= 11 is 11.4. The van der Waals surface area contributed by atoms with Crippen LogP contribution in [0.5, 0.6) is 0 Å². The van der Waals surface area contributed by atoms with Crippen LogP contribution in [0.25, 0.3) is 0 Å². The van der Waals surface area contributed by atoms with Crippen molar-refractivity contribution in [3.8, 4) is 0 Å². The van der Waals surface area contributed by atoms with Gasteiger partial charge in [0.2, 0.25) is 0 Å². The lowest BCUT2D eigenvalue weighted by molar-refractivity contribution is 0.635. The van der Waals surface area contributed by atoms with Crippen LogP contribution >= 0.6 is 39.3 Å². The molecule has 6 heteroatoms. The molecule has 1 aliphatic heterocycles. The molecule has 3 nitrogen and oxygen atoms in total. The maximum absolute atomic E-state index is 6.03. The van der Waals surface area contributed by atoms with E-state index < -0.39 is 0 Å². The topological polar surface area (TPSA) is 41.6 Å². The van der Waals surface area contributed by atoms with Gasteiger partial charge in [0, 0.05) is 10.2 Å². The van der Waals surface area contributed by atoms with Gasteiger partial charge in [-0.25, -0.2) is 0 Å². The zero-order valence-corrected chi connectivity index (χ0v) is 13.9. The van der Waals surface area contributed by atoms with Gasteiger partial charge < -0.3 is 10.6 Å². The van der Waals surface area contributed by atoms with Crippen LogP contribution in [0.4, 0.5) is 5.69 Å². The van der Waals surface area contributed by atoms with E-state index in [4.69, 9.17) is 17.3 Å². The Morgan fingerprint density at radius 3 is 3.05 bits per heavy atom. The lowest BCUT2D eigenvalue weighted by Gasteiger charge is -2.26. The van der Waals surface area contributed by atoms with Gasteiger partial charge in [0.05, 0.1) is 17.6 Å². The largest absolute Gasteiger partial charge is 0.370 e. The minimum absolute atomic E-state index is 0.361. The highest BCUT2D eigenvalue weighted by atomic mass is 79.9. The first kappa shape index (κ1) is 15.0. The number of thioether (sulfide) groups is 1. The number of hydrogen-bond donors (Lipinski definition) is 1. The van der Waals surface area contributed by atoms with E-state index in [1.807, 2.05) is 30.0 Å². The molecule has 2 rings (SSSR count). The molecule has 19 heavy (non-hydrogen) atoms. The molecule has 104 valence electrons. The van der Waals surface area contributed by atoms with Gasteiger partial charge in [0.15, 0.2) is 5.96 Å². The molecule has 1 unspecified atom stereocenters. The summed E-state index contributed by atoms with van der Waals surface area (Å²) in [5.41, 5.74) is 7.06. The van der Waals surface area contributed by atoms with Gasteiger partial charge in [-0.15, -0.1) is 0 Å². The lowest BCUT2D eigenvalue weighted by Crippen LogP contribution is -2.40. The molecule has 0 radical (unpaired) electrons. The molecule has 2 N–H and O–H groups in total. The summed E-state index contributed by atoms with van der Waals surface area (Å²) < 4.78 is 0.884. The van der Waals surface area contributed by atoms with Crippen molar-refractivity contribution in [2.45, 2.75) is 18.9 Å². The quantitative estimate of drug-likeness (QED) is 0.811. The van der Waals surface area contributed by atoms with Gasteiger partial charge in [-0.3, -0.25) is 4.99 Å². The summed E-state index contributed by atoms with van der Waals surface area (Å²) in [6.45, 7) is 0.778. The Bertz CT molecular complexity index is 481. The molecule has 0 aromatic heterocycles. The van der Waals surface area contributed by atoms with Crippen LogP contribution < -0.4 is 10.6 Å². The highest BCUT2D eigenvalue weighted by molar-refractivity contribution is 9.10. The number of benzene rings is 1. The number of guanidine groups is 1. The second-order valence-electron chi connectivity index (χ2n) is 4.46. The van der Waals surface area contributed by atoms with Crippen molar-refractivity contribution in [1.29, 1.82) is 0 Å². The van der Waals surface area contributed by atoms with Crippen LogP contribution in [-0.4, -0.2) is 30.6 Å². The number of rotatable bonds is 5. The highest BCUT2D eigenvalue weighted by Crippen LogP contribution is 2.30. The first-order valence-corrected chi connectivity index (χ1v) is 8.73. The third-order valence-corrected chi connectivity index (χ3v) is 5.05. The molecule has 1 aromatic rings. The standard InChI is InChI=1S/C13H17BrClN3S/c1-19-6-2-3-10-8-17-13(16)18(10)9-4-5-12(15)11(14)7-9/h4-5,7,10H,2-3,6,8H2,1H3,(H2,16,17). The first-order chi connectivity index (χ1) is 9.13. The van der Waals surface area contributed by atoms with E-state index in [2.05, 4.69) is 32.1 Å². The molecule has 0 amide bonds. The summed E-state index contributed by atoms with van der Waals surface area (Å²) in [4.78, 5) is 6.48. The number of halogens is 2. The van der Waals surface area contributed by atoms with Crippen LogP contribution in [0.2, 0.25) is 5.02 Å². The fourth-order valence-corrected chi connectivity index (χ4v) is 3.15. The van der Waals surface area contributed by atoms with Crippen LogP contribution in [0.1, 0.15) is 12.8 Å². The van der Waals surface area contributed by atoms with E-state index in [-0.39, 0.29) is 0 Å². The predicted molar refractivity (Wildman–Crippen MR) is 89.5 cm³/mol. The summed E-state index contributed by atoms with van der Waals surface area (Å²) in [6.07, 6.45) is 4.42. The summed E-state index contributed by atoms with van der Waals surface area (Å²) in [7, 11) is 0. The minimum Gasteiger partial charge on any atom is -0.370 e. The van der Waals surface area contributed by atoms with Gasteiger partial charge in [0.25, 0.3) is 0 Å². The van der Waals surface area contributed by atoms with Gasteiger partial charge in [-0.2, -0.15) is 11.8 Å². The molecular weight excluding hydrogens is 346 g/mol. The molecule has 0 spiro atoms. The number of nitrogens with zero attached hydrogens (tertiary/aromatic N) is 2. The van der Waals surface area contributed by atoms with Crippen molar-refractivity contribution in [3.05, 3.63) is 27.7 Å². The van der Waals surface area contributed by atoms with Crippen molar-refractivity contribution in [1.82, 2.24) is 0 Å². The molecule has 0 aliphatic carbocycles. The molecule has 0 bridgehead atoms. The second-order valence-corrected chi connectivity index (χ2v) is 6.70. The van der Waals surface area contributed by atoms with E-state index >= 15 is 0 Å². The Labute approximate surface area is 131 Å². The molecular formula is C13H17BrClN3S. The smallest absolute Gasteiger partial charge is 0.196 e. The van der Waals surface area contributed by atoms with Crippen molar-refractivity contribution >= 4 is 50.9 Å². The van der Waals surface area contributed by atoms with E-state index in [0.717, 1.165) is 23.1 Å². The summed E-state index contributed by atoms with van der Waals surface area (Å²) in [5, 5.41) is 0.706. The van der Waals surface area contributed by atoms with Crippen molar-refractivity contribution in [3.63, 3.8) is 0 Å². The van der Waals surface area contributed by atoms with Gasteiger partial charge in [0.1, 0.15) is 0 Å². The van der Waals surface area contributed by atoms with E-state index in [9.17, 15) is 0 Å². The zero-order chi connectivity index (χ0) is 13.8. The SMILES string of the molecule is CSCCCC1CN=C(N)N1c1ccc(Cl)c(Br)c1. The zero-order valence-electron chi connectivity index (χ0n) is 10.8. The van der Waals surface area contributed by atoms with Gasteiger partial charge in [-0.05, 0) is 59.0 Å². The van der Waals surface area contributed by atoms with E-state index in [1.54, 1.807) is 0 Å². The van der Waals surface area contributed by atoms with E-state index in [1.165, 1.54) is 12.2 Å². The average molecular weight is 363 g/mol. The molecule has 1 heterocycles. The molecule has 1 atom stereocenters. The Morgan fingerprint density at radius 2 is 2.37 bits per heavy atom. The average Bonchev–Trinajstić information content (AvgIpc) is 2.75. The monoisotopic (exact) mass is 361 g/mol. The lowest BCUT2D eigenvalue weighted by atomic mass is 10.1. The highest BCUT2D eigenvalue weighted by Gasteiger charge is 2.27. The Hall–Kier alpha value is -0.390. The van der Waals surface area contributed by atoms with Gasteiger partial charge in [-0.1, -0.05) is 11.6 Å². The summed E-state index contributed by atoms with van der Waals surface area (Å²) in [6, 6.07) is 6.23. The molecule has 0 fully saturated rings. The number of aliphatic imine (C=N–C) groups is 1. The van der Waals surface area contributed by atoms with E-state index in [0.29, 0.717) is 17.0 Å². The van der Waals surface area contributed by atoms with Crippen LogP contribution in [0.3, 0.4) is 0 Å². The van der Waals surface area contributed by atoms with Crippen LogP contribution in [0, 0.1) is 0 Å². The van der Waals surface area contributed by atoms with Crippen LogP contribution in [0.15, 0.2) is 27.7 Å². The Morgan fingerprint density at radius 1 is 1.58 bits per heavy atom. The van der Waals surface area contributed by atoms with Gasteiger partial charge >= 0.3 is 0 Å². The van der Waals surface area contributed by atoms with Crippen molar-refractivity contribution in [2.24, 2.45) is 10.7 Å². The van der Waals surface area contributed by atoms with Crippen molar-refractivity contribution in [2.75, 3.05) is 23.5 Å². The summed E-state index contributed by atoms with van der Waals surface area (Å²) in [5.74, 6) is 1.78. The fourth-order valence-electron chi connectivity index (χ4n) is 2.21. The minimum atomic E-state index is 0.361. The van der Waals surface area contributed by atoms with Crippen molar-refractivity contribution < 1.29 is 0 Å². The normalized spacial score (nSPS) is 18.8. The Kier molecular flexibility index (Phi) is 5.42. The fraction of sp³-hybridized carbons (Fsp3) is 0.462. The maximum atomic E-state index is 6.03. The Balaban J connectivity index is 2.14. The maximum Gasteiger partial charge on any atom is 0.196 e. The third-order valence-electron chi connectivity index (χ3n) is 3.14. The van der Waals surface area contributed by atoms with Crippen LogP contribution in [-0.2, 0) is 0 Å². The third kappa shape index (κ3) is 3.58. The predicted octanol–water partition coefficient (Wildman–Crippen LogP) is 3.75. The first-order valence-electron chi connectivity index (χ1n) is 6.16.